The van der Waals surface area contributed by atoms with E-state index < -0.39 is 0 Å². The van der Waals surface area contributed by atoms with Crippen LogP contribution in [0.3, 0.4) is 0 Å². The highest BCUT2D eigenvalue weighted by molar-refractivity contribution is 9.11. The molecule has 0 aliphatic rings. The van der Waals surface area contributed by atoms with Gasteiger partial charge in [0.05, 0.1) is 7.11 Å². The normalized spacial score (nSPS) is 14.3. The lowest BCUT2D eigenvalue weighted by molar-refractivity contribution is 0.413. The van der Waals surface area contributed by atoms with E-state index in [9.17, 15) is 0 Å². The number of hydrogen-bond donors (Lipinski definition) is 0. The number of halogens is 2. The van der Waals surface area contributed by atoms with E-state index in [2.05, 4.69) is 51.8 Å². The molecule has 0 saturated carbocycles. The molecule has 0 bridgehead atoms. The van der Waals surface area contributed by atoms with Crippen molar-refractivity contribution in [1.82, 2.24) is 0 Å². The quantitative estimate of drug-likeness (QED) is 0.520. The summed E-state index contributed by atoms with van der Waals surface area (Å²) in [6.45, 7) is 4.52. The van der Waals surface area contributed by atoms with Crippen LogP contribution >= 0.6 is 31.9 Å². The Morgan fingerprint density at radius 1 is 1.28 bits per heavy atom. The Hall–Kier alpha value is -0.0200. The summed E-state index contributed by atoms with van der Waals surface area (Å²) in [6, 6.07) is 6.22. The maximum Gasteiger partial charge on any atom is 0.120 e. The second kappa shape index (κ2) is 8.21. The Bertz CT molecular complexity index is 366. The van der Waals surface area contributed by atoms with Gasteiger partial charge in [-0.2, -0.15) is 0 Å². The monoisotopic (exact) mass is 376 g/mol. The maximum atomic E-state index is 5.24. The van der Waals surface area contributed by atoms with E-state index in [1.165, 1.54) is 31.2 Å². The molecular formula is C15H22Br2O. The van der Waals surface area contributed by atoms with Gasteiger partial charge in [0.15, 0.2) is 0 Å². The van der Waals surface area contributed by atoms with Crippen molar-refractivity contribution in [2.45, 2.75) is 44.4 Å². The van der Waals surface area contributed by atoms with Gasteiger partial charge in [0.1, 0.15) is 5.75 Å². The molecule has 0 heterocycles. The van der Waals surface area contributed by atoms with Crippen LogP contribution in [0.1, 0.15) is 49.9 Å². The number of rotatable bonds is 7. The van der Waals surface area contributed by atoms with Crippen LogP contribution in [0.2, 0.25) is 0 Å². The molecule has 102 valence electrons. The van der Waals surface area contributed by atoms with Gasteiger partial charge in [0.25, 0.3) is 0 Å². The summed E-state index contributed by atoms with van der Waals surface area (Å²) in [6.07, 6.45) is 5.05. The Kier molecular flexibility index (Phi) is 7.31. The smallest absolute Gasteiger partial charge is 0.120 e. The Morgan fingerprint density at radius 2 is 2.00 bits per heavy atom. The number of ether oxygens (including phenoxy) is 1. The van der Waals surface area contributed by atoms with Crippen molar-refractivity contribution in [3.05, 3.63) is 28.2 Å². The third kappa shape index (κ3) is 4.27. The molecule has 2 unspecified atom stereocenters. The Balaban J connectivity index is 2.83. The largest absolute Gasteiger partial charge is 0.497 e. The van der Waals surface area contributed by atoms with Crippen molar-refractivity contribution in [3.63, 3.8) is 0 Å². The summed E-state index contributed by atoms with van der Waals surface area (Å²) in [4.78, 5) is 0.411. The lowest BCUT2D eigenvalue weighted by Gasteiger charge is -2.22. The van der Waals surface area contributed by atoms with Crippen molar-refractivity contribution < 1.29 is 4.74 Å². The third-order valence-corrected chi connectivity index (χ3v) is 5.30. The minimum absolute atomic E-state index is 0.411. The standard InChI is InChI=1S/C15H22Br2O/c1-4-6-7-11(5-2)15(17)13-9-8-12(18-3)10-14(13)16/h8-11,15H,4-7H2,1-3H3. The van der Waals surface area contributed by atoms with Crippen LogP contribution in [0, 0.1) is 5.92 Å². The molecule has 0 aliphatic carbocycles. The molecule has 2 atom stereocenters. The molecule has 0 N–H and O–H groups in total. The fourth-order valence-electron chi connectivity index (χ4n) is 2.14. The first-order valence-corrected chi connectivity index (χ1v) is 8.32. The second-order valence-electron chi connectivity index (χ2n) is 4.60. The summed E-state index contributed by atoms with van der Waals surface area (Å²) < 4.78 is 6.36. The molecule has 0 saturated heterocycles. The molecule has 1 aromatic carbocycles. The topological polar surface area (TPSA) is 9.23 Å². The van der Waals surface area contributed by atoms with E-state index in [0.717, 1.165) is 10.2 Å². The van der Waals surface area contributed by atoms with Crippen molar-refractivity contribution in [2.75, 3.05) is 7.11 Å². The Labute approximate surface area is 128 Å². The maximum absolute atomic E-state index is 5.24. The van der Waals surface area contributed by atoms with Crippen LogP contribution < -0.4 is 4.74 Å². The average molecular weight is 378 g/mol. The van der Waals surface area contributed by atoms with Gasteiger partial charge < -0.3 is 4.74 Å². The van der Waals surface area contributed by atoms with E-state index in [1.807, 2.05) is 12.1 Å². The molecular weight excluding hydrogens is 356 g/mol. The second-order valence-corrected chi connectivity index (χ2v) is 6.44. The van der Waals surface area contributed by atoms with Gasteiger partial charge in [0.2, 0.25) is 0 Å². The van der Waals surface area contributed by atoms with Crippen LogP contribution in [-0.2, 0) is 0 Å². The highest BCUT2D eigenvalue weighted by atomic mass is 79.9. The van der Waals surface area contributed by atoms with Crippen molar-refractivity contribution in [1.29, 1.82) is 0 Å². The van der Waals surface area contributed by atoms with Crippen LogP contribution in [0.4, 0.5) is 0 Å². The molecule has 1 rings (SSSR count). The Morgan fingerprint density at radius 3 is 2.50 bits per heavy atom. The summed E-state index contributed by atoms with van der Waals surface area (Å²) in [5.41, 5.74) is 1.32. The van der Waals surface area contributed by atoms with Crippen molar-refractivity contribution >= 4 is 31.9 Å². The van der Waals surface area contributed by atoms with Gasteiger partial charge in [-0.15, -0.1) is 0 Å². The molecule has 0 radical (unpaired) electrons. The van der Waals surface area contributed by atoms with Crippen molar-refractivity contribution in [3.8, 4) is 5.75 Å². The van der Waals surface area contributed by atoms with Crippen molar-refractivity contribution in [2.24, 2.45) is 5.92 Å². The van der Waals surface area contributed by atoms with Crippen LogP contribution in [0.15, 0.2) is 22.7 Å². The summed E-state index contributed by atoms with van der Waals surface area (Å²) in [7, 11) is 1.70. The summed E-state index contributed by atoms with van der Waals surface area (Å²) in [5, 5.41) is 0. The SMILES string of the molecule is CCCCC(CC)C(Br)c1ccc(OC)cc1Br. The first kappa shape index (κ1) is 16.0. The van der Waals surface area contributed by atoms with E-state index in [1.54, 1.807) is 7.11 Å². The van der Waals surface area contributed by atoms with Gasteiger partial charge in [-0.1, -0.05) is 71.0 Å². The molecule has 0 spiro atoms. The van der Waals surface area contributed by atoms with Gasteiger partial charge in [-0.3, -0.25) is 0 Å². The predicted octanol–water partition coefficient (Wildman–Crippen LogP) is 6.11. The fourth-order valence-corrected chi connectivity index (χ4v) is 4.09. The summed E-state index contributed by atoms with van der Waals surface area (Å²) in [5.74, 6) is 1.58. The van der Waals surface area contributed by atoms with Crippen LogP contribution in [0.25, 0.3) is 0 Å². The first-order chi connectivity index (χ1) is 8.63. The average Bonchev–Trinajstić information content (AvgIpc) is 2.39. The van der Waals surface area contributed by atoms with E-state index in [4.69, 9.17) is 4.74 Å². The molecule has 0 amide bonds. The van der Waals surface area contributed by atoms with E-state index >= 15 is 0 Å². The third-order valence-electron chi connectivity index (χ3n) is 3.37. The highest BCUT2D eigenvalue weighted by Gasteiger charge is 2.20. The van der Waals surface area contributed by atoms with E-state index in [0.29, 0.717) is 10.7 Å². The lowest BCUT2D eigenvalue weighted by atomic mass is 9.92. The minimum atomic E-state index is 0.411. The van der Waals surface area contributed by atoms with Gasteiger partial charge in [-0.05, 0) is 30.0 Å². The first-order valence-electron chi connectivity index (χ1n) is 6.61. The van der Waals surface area contributed by atoms with Gasteiger partial charge >= 0.3 is 0 Å². The van der Waals surface area contributed by atoms with Gasteiger partial charge in [0, 0.05) is 9.30 Å². The molecule has 3 heteroatoms. The zero-order valence-electron chi connectivity index (χ0n) is 11.4. The van der Waals surface area contributed by atoms with Crippen LogP contribution in [-0.4, -0.2) is 7.11 Å². The number of unbranched alkanes of at least 4 members (excludes halogenated alkanes) is 1. The molecule has 0 aromatic heterocycles. The molecule has 1 aromatic rings. The molecule has 0 aliphatic heterocycles. The lowest BCUT2D eigenvalue weighted by Crippen LogP contribution is -2.07. The molecule has 18 heavy (non-hydrogen) atoms. The minimum Gasteiger partial charge on any atom is -0.497 e. The molecule has 0 fully saturated rings. The molecule has 1 nitrogen and oxygen atoms in total. The zero-order valence-corrected chi connectivity index (χ0v) is 14.6. The predicted molar refractivity (Wildman–Crippen MR) is 85.7 cm³/mol. The number of benzene rings is 1. The fraction of sp³-hybridized carbons (Fsp3) is 0.600. The van der Waals surface area contributed by atoms with E-state index in [-0.39, 0.29) is 0 Å². The number of alkyl halides is 1. The zero-order chi connectivity index (χ0) is 13.5. The highest BCUT2D eigenvalue weighted by Crippen LogP contribution is 2.40. The summed E-state index contributed by atoms with van der Waals surface area (Å²) >= 11 is 7.51. The number of hydrogen-bond acceptors (Lipinski definition) is 1. The van der Waals surface area contributed by atoms with Gasteiger partial charge in [-0.25, -0.2) is 0 Å². The number of methoxy groups -OCH3 is 1. The van der Waals surface area contributed by atoms with Crippen LogP contribution in [0.5, 0.6) is 5.75 Å².